The number of carbonyl (C=O) groups is 2. The van der Waals surface area contributed by atoms with Crippen molar-refractivity contribution in [3.8, 4) is 0 Å². The third kappa shape index (κ3) is 4.22. The second kappa shape index (κ2) is 8.16. The van der Waals surface area contributed by atoms with E-state index in [1.807, 2.05) is 0 Å². The Morgan fingerprint density at radius 3 is 2.52 bits per heavy atom. The van der Waals surface area contributed by atoms with Crippen LogP contribution < -0.4 is 21.8 Å². The maximum absolute atomic E-state index is 12.9. The smallest absolute Gasteiger partial charge is 0.342 e. The number of H-pyrrole nitrogens is 2. The van der Waals surface area contributed by atoms with Crippen molar-refractivity contribution in [1.82, 2.24) is 20.5 Å². The van der Waals surface area contributed by atoms with Crippen LogP contribution in [-0.2, 0) is 11.0 Å². The van der Waals surface area contributed by atoms with E-state index in [0.717, 1.165) is 17.4 Å². The Balaban J connectivity index is 1.51. The SMILES string of the molecule is Cc1c(C(=O)NCC(=O)Nc2cccc3c(=O)[nH][nH]c(=O)c23)sc2nc(C(F)(F)F)ccc12. The van der Waals surface area contributed by atoms with Gasteiger partial charge < -0.3 is 10.6 Å². The Morgan fingerprint density at radius 1 is 1.06 bits per heavy atom. The Kier molecular flexibility index (Phi) is 5.49. The first kappa shape index (κ1) is 22.2. The highest BCUT2D eigenvalue weighted by molar-refractivity contribution is 7.20. The number of anilines is 1. The van der Waals surface area contributed by atoms with E-state index in [1.165, 1.54) is 24.3 Å². The summed E-state index contributed by atoms with van der Waals surface area (Å²) in [5.41, 5.74) is -1.70. The van der Waals surface area contributed by atoms with Crippen LogP contribution in [0.2, 0.25) is 0 Å². The van der Waals surface area contributed by atoms with Gasteiger partial charge in [-0.25, -0.2) is 4.98 Å². The molecule has 0 unspecified atom stereocenters. The zero-order valence-electron chi connectivity index (χ0n) is 16.7. The number of pyridine rings is 1. The predicted octanol–water partition coefficient (Wildman–Crippen LogP) is 2.52. The van der Waals surface area contributed by atoms with Crippen LogP contribution in [0, 0.1) is 6.92 Å². The van der Waals surface area contributed by atoms with Crippen LogP contribution in [-0.4, -0.2) is 33.5 Å². The van der Waals surface area contributed by atoms with Crippen molar-refractivity contribution in [2.24, 2.45) is 0 Å². The maximum atomic E-state index is 12.9. The zero-order valence-corrected chi connectivity index (χ0v) is 17.5. The normalized spacial score (nSPS) is 11.6. The Hall–Kier alpha value is -4.00. The second-order valence-corrected chi connectivity index (χ2v) is 7.97. The quantitative estimate of drug-likeness (QED) is 0.358. The number of rotatable bonds is 4. The number of carbonyl (C=O) groups excluding carboxylic acids is 2. The van der Waals surface area contributed by atoms with Gasteiger partial charge in [-0.15, -0.1) is 11.3 Å². The first-order valence-corrected chi connectivity index (χ1v) is 10.2. The Bertz CT molecular complexity index is 1540. The largest absolute Gasteiger partial charge is 0.433 e. The highest BCUT2D eigenvalue weighted by Gasteiger charge is 2.33. The first-order chi connectivity index (χ1) is 15.6. The zero-order chi connectivity index (χ0) is 23.9. The van der Waals surface area contributed by atoms with Crippen LogP contribution in [0.5, 0.6) is 0 Å². The van der Waals surface area contributed by atoms with Crippen molar-refractivity contribution in [2.75, 3.05) is 11.9 Å². The molecule has 0 aliphatic carbocycles. The molecular formula is C20H14F3N5O4S. The van der Waals surface area contributed by atoms with Crippen molar-refractivity contribution in [2.45, 2.75) is 13.1 Å². The molecule has 0 saturated heterocycles. The van der Waals surface area contributed by atoms with E-state index in [2.05, 4.69) is 25.8 Å². The van der Waals surface area contributed by atoms with E-state index in [1.54, 1.807) is 6.92 Å². The molecular weight excluding hydrogens is 463 g/mol. The van der Waals surface area contributed by atoms with Crippen molar-refractivity contribution in [3.05, 3.63) is 67.2 Å². The monoisotopic (exact) mass is 477 g/mol. The Labute approximate surface area is 185 Å². The van der Waals surface area contributed by atoms with Crippen molar-refractivity contribution < 1.29 is 22.8 Å². The van der Waals surface area contributed by atoms with Gasteiger partial charge in [0.1, 0.15) is 10.5 Å². The minimum absolute atomic E-state index is 0.0205. The second-order valence-electron chi connectivity index (χ2n) is 6.97. The lowest BCUT2D eigenvalue weighted by molar-refractivity contribution is -0.140. The van der Waals surface area contributed by atoms with Crippen LogP contribution in [0.4, 0.5) is 18.9 Å². The predicted molar refractivity (Wildman–Crippen MR) is 116 cm³/mol. The van der Waals surface area contributed by atoms with E-state index in [9.17, 15) is 32.3 Å². The summed E-state index contributed by atoms with van der Waals surface area (Å²) in [6, 6.07) is 6.42. The minimum atomic E-state index is -4.61. The van der Waals surface area contributed by atoms with Crippen LogP contribution in [0.3, 0.4) is 0 Å². The Morgan fingerprint density at radius 2 is 1.79 bits per heavy atom. The van der Waals surface area contributed by atoms with E-state index in [4.69, 9.17) is 0 Å². The van der Waals surface area contributed by atoms with Gasteiger partial charge in [0.25, 0.3) is 17.0 Å². The molecule has 3 aromatic heterocycles. The lowest BCUT2D eigenvalue weighted by atomic mass is 10.1. The first-order valence-electron chi connectivity index (χ1n) is 9.35. The summed E-state index contributed by atoms with van der Waals surface area (Å²) < 4.78 is 38.7. The highest BCUT2D eigenvalue weighted by atomic mass is 32.1. The van der Waals surface area contributed by atoms with Gasteiger partial charge in [-0.1, -0.05) is 6.07 Å². The molecule has 0 fully saturated rings. The fraction of sp³-hybridized carbons (Fsp3) is 0.150. The summed E-state index contributed by atoms with van der Waals surface area (Å²) >= 11 is 0.785. The molecule has 33 heavy (non-hydrogen) atoms. The topological polar surface area (TPSA) is 137 Å². The number of fused-ring (bicyclic) bond motifs is 2. The van der Waals surface area contributed by atoms with Gasteiger partial charge in [0.05, 0.1) is 27.9 Å². The van der Waals surface area contributed by atoms with Gasteiger partial charge >= 0.3 is 6.18 Å². The highest BCUT2D eigenvalue weighted by Crippen LogP contribution is 2.34. The molecule has 4 rings (SSSR count). The number of benzene rings is 1. The number of thiophene rings is 1. The number of aromatic nitrogens is 3. The third-order valence-electron chi connectivity index (χ3n) is 4.81. The average Bonchev–Trinajstić information content (AvgIpc) is 3.10. The van der Waals surface area contributed by atoms with Crippen molar-refractivity contribution in [3.63, 3.8) is 0 Å². The molecule has 0 aliphatic heterocycles. The number of amides is 2. The number of aryl methyl sites for hydroxylation is 1. The molecule has 1 aromatic carbocycles. The summed E-state index contributed by atoms with van der Waals surface area (Å²) in [4.78, 5) is 52.6. The standard InChI is InChI=1S/C20H14F3N5O4S/c1-8-9-5-6-12(20(21,22)23)26-19(9)33-15(8)18(32)24-7-13(29)25-11-4-2-3-10-14(11)17(31)28-27-16(10)30/h2-6H,7H2,1H3,(H,24,32)(H,25,29)(H,27,30)(H,28,31). The van der Waals surface area contributed by atoms with Gasteiger partial charge in [-0.05, 0) is 36.8 Å². The molecule has 4 N–H and O–H groups in total. The number of alkyl halides is 3. The third-order valence-corrected chi connectivity index (χ3v) is 6.01. The number of nitrogens with one attached hydrogen (secondary N) is 4. The van der Waals surface area contributed by atoms with Gasteiger partial charge in [0.2, 0.25) is 5.91 Å². The number of hydrogen-bond acceptors (Lipinski definition) is 6. The molecule has 0 radical (unpaired) electrons. The molecule has 0 saturated carbocycles. The number of halogens is 3. The molecule has 0 bridgehead atoms. The van der Waals surface area contributed by atoms with Gasteiger partial charge in [0, 0.05) is 5.39 Å². The fourth-order valence-electron chi connectivity index (χ4n) is 3.24. The molecule has 0 atom stereocenters. The molecule has 170 valence electrons. The summed E-state index contributed by atoms with van der Waals surface area (Å²) in [5.74, 6) is -1.34. The molecule has 9 nitrogen and oxygen atoms in total. The van der Waals surface area contributed by atoms with Crippen LogP contribution in [0.1, 0.15) is 20.9 Å². The minimum Gasteiger partial charge on any atom is -0.342 e. The van der Waals surface area contributed by atoms with Gasteiger partial charge in [-0.2, -0.15) is 13.2 Å². The number of hydrogen-bond donors (Lipinski definition) is 4. The lowest BCUT2D eigenvalue weighted by Gasteiger charge is -2.08. The van der Waals surface area contributed by atoms with Gasteiger partial charge in [0.15, 0.2) is 0 Å². The van der Waals surface area contributed by atoms with Crippen LogP contribution in [0.15, 0.2) is 39.9 Å². The van der Waals surface area contributed by atoms with Gasteiger partial charge in [-0.3, -0.25) is 29.4 Å². The fourth-order valence-corrected chi connectivity index (χ4v) is 4.34. The van der Waals surface area contributed by atoms with E-state index in [-0.39, 0.29) is 26.2 Å². The number of aromatic amines is 2. The van der Waals surface area contributed by atoms with Crippen molar-refractivity contribution in [1.29, 1.82) is 0 Å². The average molecular weight is 477 g/mol. The number of nitrogens with zero attached hydrogens (tertiary/aromatic N) is 1. The van der Waals surface area contributed by atoms with Crippen molar-refractivity contribution >= 4 is 49.8 Å². The summed E-state index contributed by atoms with van der Waals surface area (Å²) in [5, 5.41) is 9.67. The molecule has 0 spiro atoms. The molecule has 4 aromatic rings. The summed E-state index contributed by atoms with van der Waals surface area (Å²) in [6.45, 7) is 1.09. The lowest BCUT2D eigenvalue weighted by Crippen LogP contribution is -2.33. The van der Waals surface area contributed by atoms with E-state index >= 15 is 0 Å². The molecule has 0 aliphatic rings. The maximum Gasteiger partial charge on any atom is 0.433 e. The van der Waals surface area contributed by atoms with E-state index < -0.39 is 41.3 Å². The van der Waals surface area contributed by atoms with E-state index in [0.29, 0.717) is 10.9 Å². The summed E-state index contributed by atoms with van der Waals surface area (Å²) in [7, 11) is 0. The summed E-state index contributed by atoms with van der Waals surface area (Å²) in [6.07, 6.45) is -4.61. The molecule has 2 amide bonds. The molecule has 3 heterocycles. The molecule has 13 heteroatoms. The van der Waals surface area contributed by atoms with Crippen LogP contribution >= 0.6 is 11.3 Å². The van der Waals surface area contributed by atoms with Crippen LogP contribution in [0.25, 0.3) is 21.0 Å².